The van der Waals surface area contributed by atoms with Gasteiger partial charge in [0.1, 0.15) is 5.75 Å². The molecule has 1 heterocycles. The van der Waals surface area contributed by atoms with Gasteiger partial charge in [-0.2, -0.15) is 9.78 Å². The Balaban J connectivity index is 1.84. The maximum Gasteiger partial charge on any atom is 0.347 e. The minimum Gasteiger partial charge on any atom is -0.478 e. The largest absolute Gasteiger partial charge is 0.478 e. The van der Waals surface area contributed by atoms with Gasteiger partial charge in [0.05, 0.1) is 28.6 Å². The van der Waals surface area contributed by atoms with Crippen molar-refractivity contribution in [3.05, 3.63) is 98.8 Å². The molecule has 0 spiro atoms. The summed E-state index contributed by atoms with van der Waals surface area (Å²) in [6.07, 6.45) is 0.299. The van der Waals surface area contributed by atoms with Crippen LogP contribution in [0.2, 0.25) is 0 Å². The second-order valence-corrected chi connectivity index (χ2v) is 7.67. The van der Waals surface area contributed by atoms with Crippen molar-refractivity contribution in [1.29, 1.82) is 0 Å². The van der Waals surface area contributed by atoms with E-state index in [1.54, 1.807) is 43.3 Å². The van der Waals surface area contributed by atoms with Crippen LogP contribution in [-0.2, 0) is 9.53 Å². The number of para-hydroxylation sites is 1. The van der Waals surface area contributed by atoms with Crippen LogP contribution in [0.5, 0.6) is 5.75 Å². The predicted octanol–water partition coefficient (Wildman–Crippen LogP) is 4.18. The number of hydrogen-bond donors (Lipinski definition) is 0. The van der Waals surface area contributed by atoms with Crippen molar-refractivity contribution < 1.29 is 19.2 Å². The fourth-order valence-corrected chi connectivity index (χ4v) is 3.48. The number of esters is 1. The van der Waals surface area contributed by atoms with E-state index in [2.05, 4.69) is 10.1 Å². The number of ether oxygens (including phenoxy) is 2. The van der Waals surface area contributed by atoms with Crippen LogP contribution >= 0.6 is 0 Å². The zero-order valence-corrected chi connectivity index (χ0v) is 19.5. The van der Waals surface area contributed by atoms with Crippen LogP contribution in [0.1, 0.15) is 19.4 Å². The summed E-state index contributed by atoms with van der Waals surface area (Å²) in [7, 11) is 0. The third kappa shape index (κ3) is 5.12. The molecule has 0 unspecified atom stereocenters. The molecule has 3 aromatic carbocycles. The number of benzene rings is 3. The van der Waals surface area contributed by atoms with E-state index in [9.17, 15) is 19.7 Å². The zero-order valence-electron chi connectivity index (χ0n) is 19.5. The SMILES string of the molecule is CCOC(=O)[C@@H](C)Oc1ccc([N+](=O)[O-])cc1C=Nn1c(-c2ccccc2)nc2ccccc2c1=O. The maximum atomic E-state index is 13.4. The zero-order chi connectivity index (χ0) is 25.7. The summed E-state index contributed by atoms with van der Waals surface area (Å²) >= 11 is 0. The van der Waals surface area contributed by atoms with Crippen LogP contribution in [0.25, 0.3) is 22.3 Å². The van der Waals surface area contributed by atoms with Gasteiger partial charge in [-0.3, -0.25) is 14.9 Å². The Morgan fingerprint density at radius 3 is 2.58 bits per heavy atom. The molecule has 0 radical (unpaired) electrons. The van der Waals surface area contributed by atoms with Gasteiger partial charge in [0.2, 0.25) is 0 Å². The fraction of sp³-hybridized carbons (Fsp3) is 0.154. The lowest BCUT2D eigenvalue weighted by atomic mass is 10.2. The maximum absolute atomic E-state index is 13.4. The van der Waals surface area contributed by atoms with Gasteiger partial charge in [-0.1, -0.05) is 42.5 Å². The molecule has 0 aliphatic heterocycles. The number of hydrogen-bond acceptors (Lipinski definition) is 8. The second kappa shape index (κ2) is 10.6. The Labute approximate surface area is 205 Å². The van der Waals surface area contributed by atoms with Crippen LogP contribution in [0.3, 0.4) is 0 Å². The molecule has 4 rings (SSSR count). The molecule has 182 valence electrons. The smallest absolute Gasteiger partial charge is 0.347 e. The number of rotatable bonds is 8. The van der Waals surface area contributed by atoms with Crippen molar-refractivity contribution in [3.63, 3.8) is 0 Å². The summed E-state index contributed by atoms with van der Waals surface area (Å²) in [6.45, 7) is 3.36. The molecule has 10 nitrogen and oxygen atoms in total. The van der Waals surface area contributed by atoms with Crippen molar-refractivity contribution in [1.82, 2.24) is 9.66 Å². The highest BCUT2D eigenvalue weighted by Gasteiger charge is 2.19. The summed E-state index contributed by atoms with van der Waals surface area (Å²) in [5, 5.41) is 16.1. The Kier molecular flexibility index (Phi) is 7.15. The molecule has 0 saturated carbocycles. The first-order valence-corrected chi connectivity index (χ1v) is 11.1. The van der Waals surface area contributed by atoms with Gasteiger partial charge < -0.3 is 9.47 Å². The molecule has 0 bridgehead atoms. The molecule has 0 aliphatic carbocycles. The molecule has 1 aromatic heterocycles. The lowest BCUT2D eigenvalue weighted by molar-refractivity contribution is -0.384. The average molecular weight is 486 g/mol. The lowest BCUT2D eigenvalue weighted by Crippen LogP contribution is -2.26. The quantitative estimate of drug-likeness (QED) is 0.158. The Morgan fingerprint density at radius 2 is 1.86 bits per heavy atom. The number of fused-ring (bicyclic) bond motifs is 1. The Hall–Kier alpha value is -4.86. The first-order valence-electron chi connectivity index (χ1n) is 11.1. The van der Waals surface area contributed by atoms with E-state index < -0.39 is 22.6 Å². The monoisotopic (exact) mass is 486 g/mol. The first kappa shape index (κ1) is 24.3. The average Bonchev–Trinajstić information content (AvgIpc) is 2.89. The van der Waals surface area contributed by atoms with Gasteiger partial charge >= 0.3 is 5.97 Å². The number of carbonyl (C=O) groups excluding carboxylic acids is 1. The Morgan fingerprint density at radius 1 is 1.14 bits per heavy atom. The topological polar surface area (TPSA) is 126 Å². The molecule has 0 fully saturated rings. The van der Waals surface area contributed by atoms with Gasteiger partial charge in [0, 0.05) is 23.3 Å². The summed E-state index contributed by atoms with van der Waals surface area (Å²) in [4.78, 5) is 40.8. The number of non-ortho nitro benzene ring substituents is 1. The third-order valence-electron chi connectivity index (χ3n) is 5.22. The fourth-order valence-electron chi connectivity index (χ4n) is 3.48. The predicted molar refractivity (Wildman–Crippen MR) is 134 cm³/mol. The van der Waals surface area contributed by atoms with Gasteiger partial charge in [-0.25, -0.2) is 9.78 Å². The van der Waals surface area contributed by atoms with E-state index in [-0.39, 0.29) is 23.6 Å². The number of nitrogens with zero attached hydrogens (tertiary/aromatic N) is 4. The molecule has 0 aliphatic rings. The molecular formula is C26H22N4O6. The number of nitro benzene ring substituents is 1. The molecule has 1 atom stereocenters. The Bertz CT molecular complexity index is 1510. The highest BCUT2D eigenvalue weighted by Crippen LogP contribution is 2.25. The van der Waals surface area contributed by atoms with Crippen LogP contribution in [0.15, 0.2) is 82.7 Å². The third-order valence-corrected chi connectivity index (χ3v) is 5.22. The van der Waals surface area contributed by atoms with E-state index in [0.29, 0.717) is 22.3 Å². The standard InChI is InChI=1S/C26H22N4O6/c1-3-35-26(32)17(2)36-23-14-13-20(30(33)34)15-19(23)16-27-29-24(18-9-5-4-6-10-18)28-22-12-8-7-11-21(22)25(29)31/h4-17H,3H2,1-2H3/t17-/m1/s1. The van der Waals surface area contributed by atoms with Gasteiger partial charge in [-0.05, 0) is 32.0 Å². The van der Waals surface area contributed by atoms with E-state index in [1.807, 2.05) is 18.2 Å². The molecular weight excluding hydrogens is 464 g/mol. The molecule has 0 saturated heterocycles. The minimum absolute atomic E-state index is 0.160. The lowest BCUT2D eigenvalue weighted by Gasteiger charge is -2.15. The van der Waals surface area contributed by atoms with Crippen LogP contribution in [-0.4, -0.2) is 39.5 Å². The first-order chi connectivity index (χ1) is 17.4. The summed E-state index contributed by atoms with van der Waals surface area (Å²) in [5.41, 5.74) is 0.738. The molecule has 10 heteroatoms. The van der Waals surface area contributed by atoms with Crippen molar-refractivity contribution in [2.45, 2.75) is 20.0 Å². The van der Waals surface area contributed by atoms with Crippen molar-refractivity contribution in [2.24, 2.45) is 5.10 Å². The normalized spacial score (nSPS) is 11.9. The van der Waals surface area contributed by atoms with E-state index in [4.69, 9.17) is 9.47 Å². The summed E-state index contributed by atoms with van der Waals surface area (Å²) in [6, 6.07) is 19.8. The van der Waals surface area contributed by atoms with E-state index in [1.165, 1.54) is 31.3 Å². The highest BCUT2D eigenvalue weighted by atomic mass is 16.6. The van der Waals surface area contributed by atoms with Crippen molar-refractivity contribution >= 4 is 28.8 Å². The second-order valence-electron chi connectivity index (χ2n) is 7.67. The minimum atomic E-state index is -0.969. The van der Waals surface area contributed by atoms with Gasteiger partial charge in [0.15, 0.2) is 11.9 Å². The van der Waals surface area contributed by atoms with Crippen LogP contribution < -0.4 is 10.3 Å². The molecule has 4 aromatic rings. The highest BCUT2D eigenvalue weighted by molar-refractivity contribution is 5.86. The van der Waals surface area contributed by atoms with Crippen LogP contribution in [0, 0.1) is 10.1 Å². The number of aromatic nitrogens is 2. The van der Waals surface area contributed by atoms with Gasteiger partial charge in [-0.15, -0.1) is 0 Å². The summed E-state index contributed by atoms with van der Waals surface area (Å²) < 4.78 is 11.8. The molecule has 0 amide bonds. The summed E-state index contributed by atoms with van der Waals surface area (Å²) in [5.74, 6) is -0.128. The van der Waals surface area contributed by atoms with E-state index >= 15 is 0 Å². The van der Waals surface area contributed by atoms with Crippen molar-refractivity contribution in [3.8, 4) is 17.1 Å². The van der Waals surface area contributed by atoms with Crippen molar-refractivity contribution in [2.75, 3.05) is 6.61 Å². The van der Waals surface area contributed by atoms with Crippen LogP contribution in [0.4, 0.5) is 5.69 Å². The van der Waals surface area contributed by atoms with Gasteiger partial charge in [0.25, 0.3) is 11.2 Å². The number of nitro groups is 1. The van der Waals surface area contributed by atoms with E-state index in [0.717, 1.165) is 4.68 Å². The molecule has 36 heavy (non-hydrogen) atoms. The molecule has 0 N–H and O–H groups in total. The number of carbonyl (C=O) groups is 1.